The second-order valence-corrected chi connectivity index (χ2v) is 6.20. The smallest absolute Gasteiger partial charge is 0.190 e. The van der Waals surface area contributed by atoms with Crippen LogP contribution in [-0.2, 0) is 6.42 Å². The first-order valence-corrected chi connectivity index (χ1v) is 8.48. The zero-order valence-electron chi connectivity index (χ0n) is 14.9. The molecular weight excluding hydrogens is 411 g/mol. The first-order chi connectivity index (χ1) is 11.2. The molecule has 1 aromatic heterocycles. The van der Waals surface area contributed by atoms with E-state index in [1.165, 1.54) is 23.8 Å². The van der Waals surface area contributed by atoms with Crippen LogP contribution in [0.5, 0.6) is 0 Å². The van der Waals surface area contributed by atoms with Gasteiger partial charge in [0.1, 0.15) is 0 Å². The lowest BCUT2D eigenvalue weighted by Gasteiger charge is -2.13. The SMILES string of the molecule is CN=C(NCCCC(C)C)NCCc1cccc2cccnc12.I. The molecule has 2 rings (SSSR count). The van der Waals surface area contributed by atoms with Crippen LogP contribution in [-0.4, -0.2) is 31.1 Å². The van der Waals surface area contributed by atoms with Crippen LogP contribution in [0.1, 0.15) is 32.3 Å². The van der Waals surface area contributed by atoms with Crippen LogP contribution in [0.3, 0.4) is 0 Å². The van der Waals surface area contributed by atoms with Crippen molar-refractivity contribution >= 4 is 40.8 Å². The fourth-order valence-electron chi connectivity index (χ4n) is 2.62. The molecule has 0 aliphatic heterocycles. The minimum atomic E-state index is 0. The number of aromatic nitrogens is 1. The largest absolute Gasteiger partial charge is 0.356 e. The Morgan fingerprint density at radius 3 is 2.62 bits per heavy atom. The van der Waals surface area contributed by atoms with E-state index in [4.69, 9.17) is 0 Å². The van der Waals surface area contributed by atoms with Gasteiger partial charge in [0.05, 0.1) is 5.52 Å². The van der Waals surface area contributed by atoms with Gasteiger partial charge in [-0.3, -0.25) is 9.98 Å². The van der Waals surface area contributed by atoms with E-state index in [0.717, 1.165) is 36.9 Å². The number of halogens is 1. The van der Waals surface area contributed by atoms with Crippen molar-refractivity contribution in [1.29, 1.82) is 0 Å². The van der Waals surface area contributed by atoms with Crippen molar-refractivity contribution in [1.82, 2.24) is 15.6 Å². The Morgan fingerprint density at radius 2 is 1.88 bits per heavy atom. The third kappa shape index (κ3) is 6.63. The van der Waals surface area contributed by atoms with Crippen LogP contribution in [0.25, 0.3) is 10.9 Å². The molecule has 1 heterocycles. The van der Waals surface area contributed by atoms with Gasteiger partial charge >= 0.3 is 0 Å². The zero-order valence-corrected chi connectivity index (χ0v) is 17.2. The highest BCUT2D eigenvalue weighted by Gasteiger charge is 2.03. The van der Waals surface area contributed by atoms with Gasteiger partial charge in [-0.1, -0.05) is 38.1 Å². The van der Waals surface area contributed by atoms with Gasteiger partial charge in [-0.2, -0.15) is 0 Å². The van der Waals surface area contributed by atoms with E-state index in [-0.39, 0.29) is 24.0 Å². The molecule has 0 saturated heterocycles. The Labute approximate surface area is 162 Å². The standard InChI is InChI=1S/C19H28N4.HI/c1-15(2)7-5-13-22-19(20-3)23-14-11-17-9-4-8-16-10-6-12-21-18(16)17;/h4,6,8-10,12,15H,5,7,11,13-14H2,1-3H3,(H2,20,22,23);1H. The maximum absolute atomic E-state index is 4.50. The molecule has 2 aromatic rings. The number of benzene rings is 1. The van der Waals surface area contributed by atoms with E-state index in [1.807, 2.05) is 19.3 Å². The van der Waals surface area contributed by atoms with E-state index >= 15 is 0 Å². The summed E-state index contributed by atoms with van der Waals surface area (Å²) in [6.07, 6.45) is 5.20. The van der Waals surface area contributed by atoms with Crippen LogP contribution < -0.4 is 10.6 Å². The van der Waals surface area contributed by atoms with Crippen LogP contribution >= 0.6 is 24.0 Å². The maximum Gasteiger partial charge on any atom is 0.190 e. The normalized spacial score (nSPS) is 11.4. The number of aliphatic imine (C=N–C) groups is 1. The van der Waals surface area contributed by atoms with Gasteiger partial charge in [0, 0.05) is 31.7 Å². The van der Waals surface area contributed by atoms with Crippen molar-refractivity contribution < 1.29 is 0 Å². The number of guanidine groups is 1. The predicted molar refractivity (Wildman–Crippen MR) is 114 cm³/mol. The molecule has 132 valence electrons. The molecule has 0 atom stereocenters. The molecule has 4 nitrogen and oxygen atoms in total. The van der Waals surface area contributed by atoms with Gasteiger partial charge in [0.25, 0.3) is 0 Å². The molecule has 0 amide bonds. The summed E-state index contributed by atoms with van der Waals surface area (Å²) in [5, 5.41) is 7.95. The Morgan fingerprint density at radius 1 is 1.12 bits per heavy atom. The number of pyridine rings is 1. The number of hydrogen-bond donors (Lipinski definition) is 2. The fourth-order valence-corrected chi connectivity index (χ4v) is 2.62. The molecule has 0 fully saturated rings. The Kier molecular flexibility index (Phi) is 9.67. The lowest BCUT2D eigenvalue weighted by Crippen LogP contribution is -2.38. The van der Waals surface area contributed by atoms with Gasteiger partial charge in [0.15, 0.2) is 5.96 Å². The predicted octanol–water partition coefficient (Wildman–Crippen LogP) is 4.00. The molecule has 24 heavy (non-hydrogen) atoms. The molecule has 0 saturated carbocycles. The summed E-state index contributed by atoms with van der Waals surface area (Å²) >= 11 is 0. The van der Waals surface area contributed by atoms with E-state index in [9.17, 15) is 0 Å². The number of hydrogen-bond acceptors (Lipinski definition) is 2. The third-order valence-corrected chi connectivity index (χ3v) is 3.88. The number of rotatable bonds is 7. The summed E-state index contributed by atoms with van der Waals surface area (Å²) in [5.74, 6) is 1.63. The molecule has 0 aliphatic rings. The molecule has 2 N–H and O–H groups in total. The highest BCUT2D eigenvalue weighted by Crippen LogP contribution is 2.15. The summed E-state index contributed by atoms with van der Waals surface area (Å²) in [6.45, 7) is 6.32. The lowest BCUT2D eigenvalue weighted by atomic mass is 10.1. The van der Waals surface area contributed by atoms with Gasteiger partial charge in [-0.25, -0.2) is 0 Å². The zero-order chi connectivity index (χ0) is 16.5. The number of fused-ring (bicyclic) bond motifs is 1. The maximum atomic E-state index is 4.50. The van der Waals surface area contributed by atoms with Crippen LogP contribution in [0.4, 0.5) is 0 Å². The Bertz CT molecular complexity index is 635. The quantitative estimate of drug-likeness (QED) is 0.296. The van der Waals surface area contributed by atoms with Crippen molar-refractivity contribution in [3.05, 3.63) is 42.1 Å². The molecule has 0 unspecified atom stereocenters. The van der Waals surface area contributed by atoms with E-state index < -0.39 is 0 Å². The molecule has 0 bridgehead atoms. The van der Waals surface area contributed by atoms with Crippen LogP contribution in [0.15, 0.2) is 41.5 Å². The first kappa shape index (κ1) is 20.7. The number of para-hydroxylation sites is 1. The van der Waals surface area contributed by atoms with Gasteiger partial charge < -0.3 is 10.6 Å². The van der Waals surface area contributed by atoms with Gasteiger partial charge in [0.2, 0.25) is 0 Å². The topological polar surface area (TPSA) is 49.3 Å². The fraction of sp³-hybridized carbons (Fsp3) is 0.474. The number of nitrogens with one attached hydrogen (secondary N) is 2. The summed E-state index contributed by atoms with van der Waals surface area (Å²) in [7, 11) is 1.82. The average molecular weight is 440 g/mol. The van der Waals surface area contributed by atoms with Gasteiger partial charge in [-0.15, -0.1) is 24.0 Å². The van der Waals surface area contributed by atoms with Crippen molar-refractivity contribution in [2.24, 2.45) is 10.9 Å². The molecule has 0 radical (unpaired) electrons. The molecular formula is C19H29IN4. The molecule has 0 spiro atoms. The van der Waals surface area contributed by atoms with E-state index in [2.05, 4.69) is 58.7 Å². The Balaban J connectivity index is 0.00000288. The van der Waals surface area contributed by atoms with Gasteiger partial charge in [-0.05, 0) is 36.8 Å². The Hall–Kier alpha value is -1.37. The molecule has 5 heteroatoms. The van der Waals surface area contributed by atoms with E-state index in [0.29, 0.717) is 0 Å². The monoisotopic (exact) mass is 440 g/mol. The van der Waals surface area contributed by atoms with Crippen molar-refractivity contribution in [2.75, 3.05) is 20.1 Å². The minimum absolute atomic E-state index is 0. The third-order valence-electron chi connectivity index (χ3n) is 3.88. The second kappa shape index (κ2) is 11.2. The van der Waals surface area contributed by atoms with Crippen LogP contribution in [0, 0.1) is 5.92 Å². The average Bonchev–Trinajstić information content (AvgIpc) is 2.57. The summed E-state index contributed by atoms with van der Waals surface area (Å²) in [6, 6.07) is 10.4. The lowest BCUT2D eigenvalue weighted by molar-refractivity contribution is 0.549. The molecule has 0 aliphatic carbocycles. The van der Waals surface area contributed by atoms with Crippen molar-refractivity contribution in [3.63, 3.8) is 0 Å². The molecule has 1 aromatic carbocycles. The summed E-state index contributed by atoms with van der Waals surface area (Å²) in [4.78, 5) is 8.78. The van der Waals surface area contributed by atoms with E-state index in [1.54, 1.807) is 0 Å². The van der Waals surface area contributed by atoms with Crippen molar-refractivity contribution in [3.8, 4) is 0 Å². The first-order valence-electron chi connectivity index (χ1n) is 8.48. The second-order valence-electron chi connectivity index (χ2n) is 6.20. The summed E-state index contributed by atoms with van der Waals surface area (Å²) in [5.41, 5.74) is 2.36. The minimum Gasteiger partial charge on any atom is -0.356 e. The highest BCUT2D eigenvalue weighted by molar-refractivity contribution is 14.0. The number of nitrogens with zero attached hydrogens (tertiary/aromatic N) is 2. The van der Waals surface area contributed by atoms with Crippen LogP contribution in [0.2, 0.25) is 0 Å². The highest BCUT2D eigenvalue weighted by atomic mass is 127. The van der Waals surface area contributed by atoms with Crippen molar-refractivity contribution in [2.45, 2.75) is 33.1 Å². The summed E-state index contributed by atoms with van der Waals surface area (Å²) < 4.78 is 0.